The summed E-state index contributed by atoms with van der Waals surface area (Å²) >= 11 is 1.64. The molecule has 2 nitrogen and oxygen atoms in total. The summed E-state index contributed by atoms with van der Waals surface area (Å²) in [7, 11) is 0. The van der Waals surface area contributed by atoms with Crippen molar-refractivity contribution in [2.75, 3.05) is 5.75 Å². The van der Waals surface area contributed by atoms with Gasteiger partial charge in [0.2, 0.25) is 0 Å². The van der Waals surface area contributed by atoms with Crippen LogP contribution in [0.25, 0.3) is 10.9 Å². The molecule has 0 bridgehead atoms. The fraction of sp³-hybridized carbons (Fsp3) is 0.231. The number of nitrogens with zero attached hydrogens (tertiary/aromatic N) is 2. The molecule has 0 aliphatic rings. The standard InChI is InChI=1S/C13H12N2S/c1-10-9-13(16-8-4-7-14)15-12-6-3-2-5-11(10)12/h2-3,5-6,9H,4,8H2,1H3. The van der Waals surface area contributed by atoms with E-state index in [-0.39, 0.29) is 0 Å². The summed E-state index contributed by atoms with van der Waals surface area (Å²) in [5, 5.41) is 10.7. The van der Waals surface area contributed by atoms with Gasteiger partial charge in [-0.1, -0.05) is 18.2 Å². The monoisotopic (exact) mass is 228 g/mol. The second kappa shape index (κ2) is 5.00. The van der Waals surface area contributed by atoms with Gasteiger partial charge in [-0.15, -0.1) is 11.8 Å². The molecule has 16 heavy (non-hydrogen) atoms. The highest BCUT2D eigenvalue weighted by molar-refractivity contribution is 7.99. The number of thioether (sulfide) groups is 1. The fourth-order valence-electron chi connectivity index (χ4n) is 1.59. The van der Waals surface area contributed by atoms with Crippen LogP contribution in [0.3, 0.4) is 0 Å². The number of pyridine rings is 1. The smallest absolute Gasteiger partial charge is 0.0970 e. The van der Waals surface area contributed by atoms with Gasteiger partial charge >= 0.3 is 0 Å². The third-order valence-electron chi connectivity index (χ3n) is 2.36. The van der Waals surface area contributed by atoms with Crippen molar-refractivity contribution < 1.29 is 0 Å². The number of fused-ring (bicyclic) bond motifs is 1. The van der Waals surface area contributed by atoms with E-state index in [1.165, 1.54) is 10.9 Å². The normalized spacial score (nSPS) is 10.2. The Balaban J connectivity index is 2.31. The first kappa shape index (κ1) is 11.0. The number of aryl methyl sites for hydroxylation is 1. The number of rotatable bonds is 3. The highest BCUT2D eigenvalue weighted by Gasteiger charge is 2.02. The number of hydrogen-bond donors (Lipinski definition) is 0. The number of para-hydroxylation sites is 1. The molecule has 0 fully saturated rings. The minimum absolute atomic E-state index is 0.568. The molecule has 2 rings (SSSR count). The van der Waals surface area contributed by atoms with Gasteiger partial charge in [0.25, 0.3) is 0 Å². The van der Waals surface area contributed by atoms with Crippen LogP contribution in [0.1, 0.15) is 12.0 Å². The molecular weight excluding hydrogens is 216 g/mol. The second-order valence-corrected chi connectivity index (χ2v) is 4.67. The SMILES string of the molecule is Cc1cc(SCCC#N)nc2ccccc12. The lowest BCUT2D eigenvalue weighted by atomic mass is 10.1. The first-order chi connectivity index (χ1) is 7.81. The number of nitriles is 1. The summed E-state index contributed by atoms with van der Waals surface area (Å²) < 4.78 is 0. The van der Waals surface area contributed by atoms with Gasteiger partial charge in [-0.05, 0) is 24.6 Å². The lowest BCUT2D eigenvalue weighted by molar-refractivity contribution is 1.15. The van der Waals surface area contributed by atoms with Crippen molar-refractivity contribution in [1.82, 2.24) is 4.98 Å². The lowest BCUT2D eigenvalue weighted by Gasteiger charge is -2.04. The molecule has 1 aromatic carbocycles. The van der Waals surface area contributed by atoms with Gasteiger partial charge < -0.3 is 0 Å². The van der Waals surface area contributed by atoms with Crippen LogP contribution in [-0.2, 0) is 0 Å². The minimum Gasteiger partial charge on any atom is -0.241 e. The molecule has 1 heterocycles. The highest BCUT2D eigenvalue weighted by Crippen LogP contribution is 2.23. The summed E-state index contributed by atoms with van der Waals surface area (Å²) in [6.45, 7) is 2.10. The van der Waals surface area contributed by atoms with Gasteiger partial charge in [-0.2, -0.15) is 5.26 Å². The van der Waals surface area contributed by atoms with E-state index in [2.05, 4.69) is 30.1 Å². The third kappa shape index (κ3) is 2.34. The van der Waals surface area contributed by atoms with Crippen LogP contribution in [0, 0.1) is 18.3 Å². The van der Waals surface area contributed by atoms with Crippen molar-refractivity contribution in [1.29, 1.82) is 5.26 Å². The molecular formula is C13H12N2S. The van der Waals surface area contributed by atoms with Crippen molar-refractivity contribution >= 4 is 22.7 Å². The van der Waals surface area contributed by atoms with Crippen molar-refractivity contribution in [3.8, 4) is 6.07 Å². The molecule has 0 saturated carbocycles. The maximum absolute atomic E-state index is 8.49. The van der Waals surface area contributed by atoms with E-state index in [4.69, 9.17) is 5.26 Å². The maximum Gasteiger partial charge on any atom is 0.0970 e. The van der Waals surface area contributed by atoms with Crippen LogP contribution in [0.5, 0.6) is 0 Å². The van der Waals surface area contributed by atoms with Gasteiger partial charge in [0.05, 0.1) is 16.6 Å². The van der Waals surface area contributed by atoms with Gasteiger partial charge in [0.15, 0.2) is 0 Å². The van der Waals surface area contributed by atoms with E-state index in [1.807, 2.05) is 18.2 Å². The summed E-state index contributed by atoms with van der Waals surface area (Å²) in [5.74, 6) is 0.807. The Kier molecular flexibility index (Phi) is 3.43. The van der Waals surface area contributed by atoms with Crippen LogP contribution in [0.4, 0.5) is 0 Å². The molecule has 1 aromatic heterocycles. The molecule has 0 aliphatic heterocycles. The average Bonchev–Trinajstić information content (AvgIpc) is 2.30. The Morgan fingerprint density at radius 3 is 3.00 bits per heavy atom. The van der Waals surface area contributed by atoms with E-state index >= 15 is 0 Å². The first-order valence-corrected chi connectivity index (χ1v) is 6.16. The number of hydrogen-bond acceptors (Lipinski definition) is 3. The zero-order valence-corrected chi connectivity index (χ0v) is 9.92. The zero-order valence-electron chi connectivity index (χ0n) is 9.10. The van der Waals surface area contributed by atoms with Crippen LogP contribution in [0.15, 0.2) is 35.4 Å². The number of benzene rings is 1. The van der Waals surface area contributed by atoms with E-state index in [1.54, 1.807) is 11.8 Å². The number of aromatic nitrogens is 1. The fourth-order valence-corrected chi connectivity index (χ4v) is 2.42. The van der Waals surface area contributed by atoms with Crippen molar-refractivity contribution in [2.24, 2.45) is 0 Å². The van der Waals surface area contributed by atoms with Gasteiger partial charge in [-0.3, -0.25) is 0 Å². The average molecular weight is 228 g/mol. The van der Waals surface area contributed by atoms with Gasteiger partial charge in [-0.25, -0.2) is 4.98 Å². The Morgan fingerprint density at radius 1 is 1.38 bits per heavy atom. The molecule has 0 spiro atoms. The van der Waals surface area contributed by atoms with Crippen molar-refractivity contribution in [2.45, 2.75) is 18.4 Å². The lowest BCUT2D eigenvalue weighted by Crippen LogP contribution is -1.87. The molecule has 80 valence electrons. The summed E-state index contributed by atoms with van der Waals surface area (Å²) in [5.41, 5.74) is 2.27. The molecule has 0 unspecified atom stereocenters. The van der Waals surface area contributed by atoms with Crippen LogP contribution < -0.4 is 0 Å². The predicted molar refractivity (Wildman–Crippen MR) is 67.4 cm³/mol. The van der Waals surface area contributed by atoms with E-state index in [0.29, 0.717) is 6.42 Å². The molecule has 0 atom stereocenters. The molecule has 0 aliphatic carbocycles. The van der Waals surface area contributed by atoms with E-state index in [9.17, 15) is 0 Å². The zero-order chi connectivity index (χ0) is 11.4. The Morgan fingerprint density at radius 2 is 2.19 bits per heavy atom. The van der Waals surface area contributed by atoms with Gasteiger partial charge in [0.1, 0.15) is 0 Å². The summed E-state index contributed by atoms with van der Waals surface area (Å²) in [4.78, 5) is 4.56. The molecule has 0 N–H and O–H groups in total. The predicted octanol–water partition coefficient (Wildman–Crippen LogP) is 3.55. The van der Waals surface area contributed by atoms with Crippen LogP contribution in [0.2, 0.25) is 0 Å². The quantitative estimate of drug-likeness (QED) is 0.595. The molecule has 2 aromatic rings. The Hall–Kier alpha value is -1.53. The molecule has 0 radical (unpaired) electrons. The van der Waals surface area contributed by atoms with Gasteiger partial charge in [0, 0.05) is 17.6 Å². The van der Waals surface area contributed by atoms with Crippen LogP contribution in [-0.4, -0.2) is 10.7 Å². The minimum atomic E-state index is 0.568. The van der Waals surface area contributed by atoms with Crippen molar-refractivity contribution in [3.63, 3.8) is 0 Å². The summed E-state index contributed by atoms with van der Waals surface area (Å²) in [6, 6.07) is 12.4. The van der Waals surface area contributed by atoms with E-state index < -0.39 is 0 Å². The Labute approximate surface area is 99.3 Å². The first-order valence-electron chi connectivity index (χ1n) is 5.17. The largest absolute Gasteiger partial charge is 0.241 e. The van der Waals surface area contributed by atoms with Crippen molar-refractivity contribution in [3.05, 3.63) is 35.9 Å². The van der Waals surface area contributed by atoms with Crippen LogP contribution >= 0.6 is 11.8 Å². The Bertz CT molecular complexity index is 543. The molecule has 3 heteroatoms. The third-order valence-corrected chi connectivity index (χ3v) is 3.28. The summed E-state index contributed by atoms with van der Waals surface area (Å²) in [6.07, 6.45) is 0.568. The van der Waals surface area contributed by atoms with E-state index in [0.717, 1.165) is 16.3 Å². The second-order valence-electron chi connectivity index (χ2n) is 3.55. The molecule has 0 saturated heterocycles. The maximum atomic E-state index is 8.49. The molecule has 0 amide bonds. The topological polar surface area (TPSA) is 36.7 Å². The highest BCUT2D eigenvalue weighted by atomic mass is 32.2.